The number of carboxylic acids is 1. The quantitative estimate of drug-likeness (QED) is 0.828. The van der Waals surface area contributed by atoms with Gasteiger partial charge in [-0.25, -0.2) is 0 Å². The standard InChI is InChI=1S/C17H21NO3/c19-16(13-8-2-3-9-14(13)17(20)21)18-11-5-7-12-6-1-4-10-15(12)18/h1,4,6,10,13-14H,2-3,5,7-9,11H2,(H,20,21)/p-1/t13-,14+/m1/s1. The van der Waals surface area contributed by atoms with E-state index in [9.17, 15) is 14.7 Å². The van der Waals surface area contributed by atoms with Crippen molar-refractivity contribution in [2.75, 3.05) is 11.4 Å². The van der Waals surface area contributed by atoms with Crippen molar-refractivity contribution in [2.45, 2.75) is 38.5 Å². The first-order chi connectivity index (χ1) is 10.2. The van der Waals surface area contributed by atoms with Crippen LogP contribution in [0.1, 0.15) is 37.7 Å². The molecule has 0 aromatic heterocycles. The van der Waals surface area contributed by atoms with E-state index in [-0.39, 0.29) is 5.91 Å². The molecule has 21 heavy (non-hydrogen) atoms. The van der Waals surface area contributed by atoms with Crippen molar-refractivity contribution in [3.63, 3.8) is 0 Å². The maximum Gasteiger partial charge on any atom is 0.230 e. The van der Waals surface area contributed by atoms with Crippen molar-refractivity contribution in [2.24, 2.45) is 11.8 Å². The van der Waals surface area contributed by atoms with Crippen molar-refractivity contribution in [1.82, 2.24) is 0 Å². The molecule has 0 saturated heterocycles. The number of rotatable bonds is 2. The van der Waals surface area contributed by atoms with Crippen LogP contribution in [0.15, 0.2) is 24.3 Å². The molecule has 1 aromatic rings. The molecule has 1 aromatic carbocycles. The maximum absolute atomic E-state index is 12.9. The lowest BCUT2D eigenvalue weighted by Crippen LogP contribution is -2.47. The molecule has 0 N–H and O–H groups in total. The van der Waals surface area contributed by atoms with Gasteiger partial charge in [0.2, 0.25) is 5.91 Å². The minimum atomic E-state index is -1.07. The highest BCUT2D eigenvalue weighted by Gasteiger charge is 2.36. The van der Waals surface area contributed by atoms with Gasteiger partial charge in [-0.15, -0.1) is 0 Å². The van der Waals surface area contributed by atoms with E-state index in [0.29, 0.717) is 19.4 Å². The van der Waals surface area contributed by atoms with Crippen LogP contribution in [0.5, 0.6) is 0 Å². The lowest BCUT2D eigenvalue weighted by molar-refractivity contribution is -0.313. The average molecular weight is 286 g/mol. The molecule has 1 aliphatic heterocycles. The number of hydrogen-bond donors (Lipinski definition) is 0. The van der Waals surface area contributed by atoms with Crippen molar-refractivity contribution < 1.29 is 14.7 Å². The summed E-state index contributed by atoms with van der Waals surface area (Å²) in [4.78, 5) is 26.0. The summed E-state index contributed by atoms with van der Waals surface area (Å²) in [6.45, 7) is 0.687. The first kappa shape index (κ1) is 14.1. The molecule has 1 fully saturated rings. The first-order valence-electron chi connectivity index (χ1n) is 7.78. The number of aliphatic carboxylic acids is 1. The van der Waals surface area contributed by atoms with Crippen LogP contribution < -0.4 is 10.0 Å². The number of para-hydroxylation sites is 1. The Labute approximate surface area is 124 Å². The summed E-state index contributed by atoms with van der Waals surface area (Å²) in [5.41, 5.74) is 2.13. The summed E-state index contributed by atoms with van der Waals surface area (Å²) in [6.07, 6.45) is 4.94. The van der Waals surface area contributed by atoms with Crippen LogP contribution in [0, 0.1) is 11.8 Å². The van der Waals surface area contributed by atoms with E-state index in [2.05, 4.69) is 0 Å². The van der Waals surface area contributed by atoms with Gasteiger partial charge in [-0.1, -0.05) is 31.0 Å². The molecule has 1 heterocycles. The lowest BCUT2D eigenvalue weighted by atomic mass is 9.78. The van der Waals surface area contributed by atoms with Gasteiger partial charge in [0, 0.05) is 30.0 Å². The molecule has 0 bridgehead atoms. The van der Waals surface area contributed by atoms with Gasteiger partial charge in [-0.05, 0) is 37.3 Å². The summed E-state index contributed by atoms with van der Waals surface area (Å²) in [5.74, 6) is -2.15. The van der Waals surface area contributed by atoms with Crippen molar-refractivity contribution in [3.8, 4) is 0 Å². The Morgan fingerprint density at radius 3 is 2.52 bits per heavy atom. The van der Waals surface area contributed by atoms with Gasteiger partial charge in [-0.2, -0.15) is 0 Å². The van der Waals surface area contributed by atoms with Crippen LogP contribution >= 0.6 is 0 Å². The summed E-state index contributed by atoms with van der Waals surface area (Å²) in [6, 6.07) is 7.92. The van der Waals surface area contributed by atoms with E-state index in [1.807, 2.05) is 24.3 Å². The summed E-state index contributed by atoms with van der Waals surface area (Å²) in [5, 5.41) is 11.3. The fraction of sp³-hybridized carbons (Fsp3) is 0.529. The van der Waals surface area contributed by atoms with Crippen LogP contribution in [0.2, 0.25) is 0 Å². The Kier molecular flexibility index (Phi) is 3.95. The highest BCUT2D eigenvalue weighted by molar-refractivity contribution is 5.98. The Bertz CT molecular complexity index is 555. The second-order valence-corrected chi connectivity index (χ2v) is 6.04. The fourth-order valence-corrected chi connectivity index (χ4v) is 3.67. The number of carboxylic acid groups (broad SMARTS) is 1. The monoisotopic (exact) mass is 286 g/mol. The van der Waals surface area contributed by atoms with E-state index >= 15 is 0 Å². The topological polar surface area (TPSA) is 60.4 Å². The number of nitrogens with zero attached hydrogens (tertiary/aromatic N) is 1. The molecule has 2 atom stereocenters. The number of aryl methyl sites for hydroxylation is 1. The van der Waals surface area contributed by atoms with Gasteiger partial charge in [0.1, 0.15) is 0 Å². The van der Waals surface area contributed by atoms with E-state index in [0.717, 1.165) is 31.4 Å². The predicted molar refractivity (Wildman–Crippen MR) is 77.6 cm³/mol. The van der Waals surface area contributed by atoms with E-state index in [1.165, 1.54) is 5.56 Å². The predicted octanol–water partition coefficient (Wildman–Crippen LogP) is 1.52. The minimum Gasteiger partial charge on any atom is -0.550 e. The highest BCUT2D eigenvalue weighted by Crippen LogP contribution is 2.35. The van der Waals surface area contributed by atoms with Crippen molar-refractivity contribution in [3.05, 3.63) is 29.8 Å². The third-order valence-corrected chi connectivity index (χ3v) is 4.76. The molecule has 4 heteroatoms. The fourth-order valence-electron chi connectivity index (χ4n) is 3.67. The molecule has 3 rings (SSSR count). The Morgan fingerprint density at radius 1 is 1.05 bits per heavy atom. The van der Waals surface area contributed by atoms with Gasteiger partial charge >= 0.3 is 0 Å². The number of amides is 1. The maximum atomic E-state index is 12.9. The number of fused-ring (bicyclic) bond motifs is 1. The SMILES string of the molecule is O=C([O-])[C@H]1CCCC[C@H]1C(=O)N1CCCc2ccccc21. The normalized spacial score (nSPS) is 25.2. The molecule has 112 valence electrons. The average Bonchev–Trinajstić information content (AvgIpc) is 2.53. The summed E-state index contributed by atoms with van der Waals surface area (Å²) < 4.78 is 0. The van der Waals surface area contributed by atoms with Crippen molar-refractivity contribution >= 4 is 17.6 Å². The summed E-state index contributed by atoms with van der Waals surface area (Å²) >= 11 is 0. The Balaban J connectivity index is 1.86. The van der Waals surface area contributed by atoms with Crippen LogP contribution in [0.4, 0.5) is 5.69 Å². The van der Waals surface area contributed by atoms with E-state index in [4.69, 9.17) is 0 Å². The molecule has 0 spiro atoms. The second kappa shape index (κ2) is 5.88. The molecule has 0 unspecified atom stereocenters. The van der Waals surface area contributed by atoms with Crippen LogP contribution in [-0.2, 0) is 16.0 Å². The van der Waals surface area contributed by atoms with Gasteiger partial charge in [0.25, 0.3) is 0 Å². The highest BCUT2D eigenvalue weighted by atomic mass is 16.4. The molecule has 1 saturated carbocycles. The summed E-state index contributed by atoms with van der Waals surface area (Å²) in [7, 11) is 0. The largest absolute Gasteiger partial charge is 0.550 e. The number of hydrogen-bond acceptors (Lipinski definition) is 3. The third kappa shape index (κ3) is 2.67. The van der Waals surface area contributed by atoms with Crippen molar-refractivity contribution in [1.29, 1.82) is 0 Å². The molecule has 1 aliphatic carbocycles. The van der Waals surface area contributed by atoms with Crippen LogP contribution in [0.3, 0.4) is 0 Å². The van der Waals surface area contributed by atoms with Crippen LogP contribution in [-0.4, -0.2) is 18.4 Å². The van der Waals surface area contributed by atoms with Gasteiger partial charge in [0.15, 0.2) is 0 Å². The molecule has 0 radical (unpaired) electrons. The Hall–Kier alpha value is -1.84. The number of anilines is 1. The van der Waals surface area contributed by atoms with E-state index < -0.39 is 17.8 Å². The minimum absolute atomic E-state index is 0.0314. The number of carbonyl (C=O) groups excluding carboxylic acids is 2. The lowest BCUT2D eigenvalue weighted by Gasteiger charge is -2.37. The number of carbonyl (C=O) groups is 2. The zero-order chi connectivity index (χ0) is 14.8. The van der Waals surface area contributed by atoms with Crippen LogP contribution in [0.25, 0.3) is 0 Å². The van der Waals surface area contributed by atoms with Gasteiger partial charge in [-0.3, -0.25) is 4.79 Å². The zero-order valence-corrected chi connectivity index (χ0v) is 12.1. The molecular weight excluding hydrogens is 266 g/mol. The number of benzene rings is 1. The zero-order valence-electron chi connectivity index (χ0n) is 12.1. The molecule has 1 amide bonds. The van der Waals surface area contributed by atoms with Gasteiger partial charge < -0.3 is 14.8 Å². The second-order valence-electron chi connectivity index (χ2n) is 6.04. The molecule has 2 aliphatic rings. The smallest absolute Gasteiger partial charge is 0.230 e. The third-order valence-electron chi connectivity index (χ3n) is 4.76. The van der Waals surface area contributed by atoms with E-state index in [1.54, 1.807) is 4.90 Å². The molecule has 4 nitrogen and oxygen atoms in total. The molecular formula is C17H20NO3-. The first-order valence-corrected chi connectivity index (χ1v) is 7.78. The Morgan fingerprint density at radius 2 is 1.76 bits per heavy atom. The van der Waals surface area contributed by atoms with Gasteiger partial charge in [0.05, 0.1) is 0 Å².